The average molecular weight is 337 g/mol. The fourth-order valence-electron chi connectivity index (χ4n) is 3.04. The lowest BCUT2D eigenvalue weighted by atomic mass is 10.2. The highest BCUT2D eigenvalue weighted by atomic mass is 35.5. The van der Waals surface area contributed by atoms with E-state index in [4.69, 9.17) is 16.3 Å². The Hall–Kier alpha value is -1.75. The van der Waals surface area contributed by atoms with Crippen molar-refractivity contribution < 1.29 is 14.3 Å². The van der Waals surface area contributed by atoms with Gasteiger partial charge in [0.1, 0.15) is 12.4 Å². The zero-order chi connectivity index (χ0) is 16.2. The predicted molar refractivity (Wildman–Crippen MR) is 87.4 cm³/mol. The third kappa shape index (κ3) is 3.96. The second-order valence-electron chi connectivity index (χ2n) is 6.04. The molecule has 0 saturated carbocycles. The van der Waals surface area contributed by atoms with Gasteiger partial charge in [-0.15, -0.1) is 0 Å². The van der Waals surface area contributed by atoms with Gasteiger partial charge < -0.3 is 14.5 Å². The minimum atomic E-state index is -0.0309. The van der Waals surface area contributed by atoms with Crippen molar-refractivity contribution in [2.24, 2.45) is 0 Å². The van der Waals surface area contributed by atoms with E-state index in [0.29, 0.717) is 37.7 Å². The van der Waals surface area contributed by atoms with Crippen molar-refractivity contribution in [2.45, 2.75) is 32.2 Å². The second-order valence-corrected chi connectivity index (χ2v) is 6.48. The molecule has 0 aromatic heterocycles. The van der Waals surface area contributed by atoms with E-state index >= 15 is 0 Å². The number of ether oxygens (including phenoxy) is 1. The van der Waals surface area contributed by atoms with Gasteiger partial charge in [0.15, 0.2) is 0 Å². The Balaban J connectivity index is 1.68. The molecule has 2 heterocycles. The molecule has 5 nitrogen and oxygen atoms in total. The Morgan fingerprint density at radius 1 is 1.22 bits per heavy atom. The number of benzene rings is 1. The normalized spacial score (nSPS) is 18.7. The fourth-order valence-corrected chi connectivity index (χ4v) is 3.24. The number of rotatable bonds is 2. The van der Waals surface area contributed by atoms with Gasteiger partial charge in [0.05, 0.1) is 13.1 Å². The van der Waals surface area contributed by atoms with E-state index < -0.39 is 0 Å². The monoisotopic (exact) mass is 336 g/mol. The van der Waals surface area contributed by atoms with Crippen LogP contribution in [0.3, 0.4) is 0 Å². The molecule has 0 bridgehead atoms. The number of fused-ring (bicyclic) bond motifs is 1. The molecule has 2 aliphatic heterocycles. The maximum Gasteiger partial charge on any atom is 0.242 e. The predicted octanol–water partition coefficient (Wildman–Crippen LogP) is 2.46. The number of hydrogen-bond donors (Lipinski definition) is 0. The molecule has 1 aromatic rings. The number of likely N-dealkylation sites (tertiary alicyclic amines) is 1. The second kappa shape index (κ2) is 7.21. The maximum absolute atomic E-state index is 12.6. The molecule has 0 spiro atoms. The summed E-state index contributed by atoms with van der Waals surface area (Å²) in [5.41, 5.74) is 0.908. The average Bonchev–Trinajstić information content (AvgIpc) is 2.86. The molecule has 23 heavy (non-hydrogen) atoms. The third-order valence-corrected chi connectivity index (χ3v) is 4.59. The van der Waals surface area contributed by atoms with E-state index in [2.05, 4.69) is 0 Å². The van der Waals surface area contributed by atoms with Crippen LogP contribution in [-0.4, -0.2) is 47.9 Å². The summed E-state index contributed by atoms with van der Waals surface area (Å²) in [5, 5.41) is 0.629. The lowest BCUT2D eigenvalue weighted by Crippen LogP contribution is -2.43. The first-order valence-corrected chi connectivity index (χ1v) is 8.48. The number of amides is 2. The van der Waals surface area contributed by atoms with E-state index in [-0.39, 0.29) is 18.4 Å². The van der Waals surface area contributed by atoms with Gasteiger partial charge in [0.2, 0.25) is 11.8 Å². The Bertz CT molecular complexity index is 606. The Kier molecular flexibility index (Phi) is 5.06. The van der Waals surface area contributed by atoms with Gasteiger partial charge in [-0.2, -0.15) is 0 Å². The zero-order valence-electron chi connectivity index (χ0n) is 13.1. The number of hydrogen-bond acceptors (Lipinski definition) is 3. The van der Waals surface area contributed by atoms with Crippen LogP contribution in [-0.2, 0) is 16.1 Å². The minimum absolute atomic E-state index is 0.0309. The largest absolute Gasteiger partial charge is 0.491 e. The molecule has 0 aliphatic carbocycles. The van der Waals surface area contributed by atoms with Crippen LogP contribution in [0.25, 0.3) is 0 Å². The van der Waals surface area contributed by atoms with Gasteiger partial charge >= 0.3 is 0 Å². The first kappa shape index (κ1) is 16.1. The molecule has 0 atom stereocenters. The Labute approximate surface area is 141 Å². The van der Waals surface area contributed by atoms with Crippen molar-refractivity contribution in [1.29, 1.82) is 0 Å². The van der Waals surface area contributed by atoms with Gasteiger partial charge in [0, 0.05) is 30.1 Å². The highest BCUT2D eigenvalue weighted by Gasteiger charge is 2.24. The summed E-state index contributed by atoms with van der Waals surface area (Å²) in [7, 11) is 0. The first-order valence-electron chi connectivity index (χ1n) is 8.10. The summed E-state index contributed by atoms with van der Waals surface area (Å²) < 4.78 is 5.68. The highest BCUT2D eigenvalue weighted by Crippen LogP contribution is 2.26. The molecule has 1 saturated heterocycles. The molecule has 3 rings (SSSR count). The summed E-state index contributed by atoms with van der Waals surface area (Å²) in [5.74, 6) is 0.831. The van der Waals surface area contributed by atoms with Crippen molar-refractivity contribution in [1.82, 2.24) is 9.80 Å². The molecule has 124 valence electrons. The van der Waals surface area contributed by atoms with Crippen molar-refractivity contribution >= 4 is 23.4 Å². The fraction of sp³-hybridized carbons (Fsp3) is 0.529. The standard InChI is InChI=1S/C17H21ClN2O3/c18-14-5-6-15-13(10-14)11-20(8-9-23-15)17(22)12-19-7-3-1-2-4-16(19)21/h5-6,10H,1-4,7-9,11-12H2. The van der Waals surface area contributed by atoms with E-state index in [9.17, 15) is 9.59 Å². The van der Waals surface area contributed by atoms with Crippen molar-refractivity contribution in [3.05, 3.63) is 28.8 Å². The van der Waals surface area contributed by atoms with Gasteiger partial charge in [-0.25, -0.2) is 0 Å². The zero-order valence-corrected chi connectivity index (χ0v) is 13.8. The molecule has 6 heteroatoms. The van der Waals surface area contributed by atoms with Crippen LogP contribution in [0.4, 0.5) is 0 Å². The molecule has 0 N–H and O–H groups in total. The molecule has 0 radical (unpaired) electrons. The molecule has 1 fully saturated rings. The van der Waals surface area contributed by atoms with Crippen LogP contribution < -0.4 is 4.74 Å². The first-order chi connectivity index (χ1) is 11.1. The van der Waals surface area contributed by atoms with Crippen LogP contribution in [0.1, 0.15) is 31.2 Å². The molecule has 1 aromatic carbocycles. The van der Waals surface area contributed by atoms with E-state index in [1.807, 2.05) is 12.1 Å². The lowest BCUT2D eigenvalue weighted by molar-refractivity contribution is -0.140. The molecule has 2 aliphatic rings. The molecule has 0 unspecified atom stereocenters. The van der Waals surface area contributed by atoms with Crippen LogP contribution in [0, 0.1) is 0 Å². The lowest BCUT2D eigenvalue weighted by Gasteiger charge is -2.25. The van der Waals surface area contributed by atoms with Gasteiger partial charge in [-0.1, -0.05) is 18.0 Å². The third-order valence-electron chi connectivity index (χ3n) is 4.35. The van der Waals surface area contributed by atoms with E-state index in [1.54, 1.807) is 15.9 Å². The van der Waals surface area contributed by atoms with Crippen molar-refractivity contribution in [3.8, 4) is 5.75 Å². The number of nitrogens with zero attached hydrogens (tertiary/aromatic N) is 2. The van der Waals surface area contributed by atoms with Crippen molar-refractivity contribution in [3.63, 3.8) is 0 Å². The van der Waals surface area contributed by atoms with Crippen LogP contribution in [0.15, 0.2) is 18.2 Å². The number of carbonyl (C=O) groups excluding carboxylic acids is 2. The van der Waals surface area contributed by atoms with Crippen LogP contribution in [0.2, 0.25) is 5.02 Å². The minimum Gasteiger partial charge on any atom is -0.491 e. The van der Waals surface area contributed by atoms with Crippen molar-refractivity contribution in [2.75, 3.05) is 26.2 Å². The molecule has 2 amide bonds. The molecular weight excluding hydrogens is 316 g/mol. The smallest absolute Gasteiger partial charge is 0.242 e. The van der Waals surface area contributed by atoms with Crippen LogP contribution in [0.5, 0.6) is 5.75 Å². The van der Waals surface area contributed by atoms with E-state index in [0.717, 1.165) is 30.6 Å². The highest BCUT2D eigenvalue weighted by molar-refractivity contribution is 6.30. The summed E-state index contributed by atoms with van der Waals surface area (Å²) in [6, 6.07) is 5.46. The van der Waals surface area contributed by atoms with Gasteiger partial charge in [-0.3, -0.25) is 9.59 Å². The summed E-state index contributed by atoms with van der Waals surface area (Å²) in [6.07, 6.45) is 3.50. The Morgan fingerprint density at radius 3 is 2.96 bits per heavy atom. The molecular formula is C17H21ClN2O3. The number of halogens is 1. The Morgan fingerprint density at radius 2 is 2.09 bits per heavy atom. The summed E-state index contributed by atoms with van der Waals surface area (Å²) in [4.78, 5) is 28.1. The van der Waals surface area contributed by atoms with Crippen LogP contribution >= 0.6 is 11.6 Å². The summed E-state index contributed by atoms with van der Waals surface area (Å²) in [6.45, 7) is 2.28. The van der Waals surface area contributed by atoms with E-state index in [1.165, 1.54) is 0 Å². The quantitative estimate of drug-likeness (QED) is 0.833. The number of carbonyl (C=O) groups is 2. The topological polar surface area (TPSA) is 49.9 Å². The SMILES string of the molecule is O=C1CCCCCN1CC(=O)N1CCOc2ccc(Cl)cc2C1. The van der Waals surface area contributed by atoms with Gasteiger partial charge in [0.25, 0.3) is 0 Å². The maximum atomic E-state index is 12.6. The summed E-state index contributed by atoms with van der Waals surface area (Å²) >= 11 is 6.04. The van der Waals surface area contributed by atoms with Gasteiger partial charge in [-0.05, 0) is 31.0 Å².